The van der Waals surface area contributed by atoms with E-state index in [-0.39, 0.29) is 6.61 Å². The number of hydrazone groups is 1. The lowest BCUT2D eigenvalue weighted by molar-refractivity contribution is -0.123. The van der Waals surface area contributed by atoms with E-state index in [9.17, 15) is 9.59 Å². The molecule has 0 aliphatic carbocycles. The zero-order chi connectivity index (χ0) is 22.9. The second-order valence-corrected chi connectivity index (χ2v) is 7.56. The first-order valence-corrected chi connectivity index (χ1v) is 10.4. The number of amides is 1. The lowest BCUT2D eigenvalue weighted by Crippen LogP contribution is -2.24. The first-order chi connectivity index (χ1) is 15.5. The van der Waals surface area contributed by atoms with Crippen LogP contribution in [0.15, 0.2) is 76.3 Å². The van der Waals surface area contributed by atoms with Crippen molar-refractivity contribution in [3.8, 4) is 17.2 Å². The number of carbonyl (C=O) groups excluding carboxylic acids is 2. The van der Waals surface area contributed by atoms with E-state index in [0.717, 1.165) is 10.0 Å². The molecule has 8 heteroatoms. The van der Waals surface area contributed by atoms with E-state index >= 15 is 0 Å². The Hall–Kier alpha value is -3.65. The van der Waals surface area contributed by atoms with E-state index in [2.05, 4.69) is 26.5 Å². The summed E-state index contributed by atoms with van der Waals surface area (Å²) in [6.07, 6.45) is 1.40. The summed E-state index contributed by atoms with van der Waals surface area (Å²) in [7, 11) is 1.57. The van der Waals surface area contributed by atoms with Gasteiger partial charge in [-0.25, -0.2) is 10.2 Å². The Morgan fingerprint density at radius 1 is 1.03 bits per heavy atom. The lowest BCUT2D eigenvalue weighted by atomic mass is 10.1. The van der Waals surface area contributed by atoms with Crippen LogP contribution in [0.1, 0.15) is 21.5 Å². The minimum absolute atomic E-state index is 0.211. The fraction of sp³-hybridized carbons (Fsp3) is 0.125. The van der Waals surface area contributed by atoms with Crippen LogP contribution in [-0.4, -0.2) is 31.8 Å². The molecule has 0 bridgehead atoms. The molecule has 0 saturated carbocycles. The van der Waals surface area contributed by atoms with Crippen molar-refractivity contribution in [2.24, 2.45) is 5.10 Å². The maximum Gasteiger partial charge on any atom is 0.343 e. The van der Waals surface area contributed by atoms with Crippen molar-refractivity contribution in [1.82, 2.24) is 5.43 Å². The molecule has 0 spiro atoms. The van der Waals surface area contributed by atoms with E-state index in [4.69, 9.17) is 14.2 Å². The average molecular weight is 497 g/mol. The molecule has 164 valence electrons. The average Bonchev–Trinajstić information content (AvgIpc) is 2.80. The quantitative estimate of drug-likeness (QED) is 0.214. The normalized spacial score (nSPS) is 10.6. The van der Waals surface area contributed by atoms with Gasteiger partial charge in [-0.3, -0.25) is 4.79 Å². The van der Waals surface area contributed by atoms with E-state index in [1.54, 1.807) is 61.7 Å². The molecule has 1 N–H and O–H groups in total. The zero-order valence-corrected chi connectivity index (χ0v) is 19.1. The largest absolute Gasteiger partial charge is 0.497 e. The van der Waals surface area contributed by atoms with Gasteiger partial charge in [0.15, 0.2) is 6.61 Å². The highest BCUT2D eigenvalue weighted by Gasteiger charge is 2.13. The topological polar surface area (TPSA) is 86.2 Å². The number of ether oxygens (including phenoxy) is 3. The maximum absolute atomic E-state index is 12.5. The van der Waals surface area contributed by atoms with Gasteiger partial charge in [0.2, 0.25) is 0 Å². The van der Waals surface area contributed by atoms with Gasteiger partial charge in [0, 0.05) is 10.0 Å². The number of nitrogens with zero attached hydrogens (tertiary/aromatic N) is 1. The highest BCUT2D eigenvalue weighted by atomic mass is 79.9. The number of nitrogens with one attached hydrogen (secondary N) is 1. The molecule has 0 aromatic heterocycles. The Kier molecular flexibility index (Phi) is 7.99. The Labute approximate surface area is 194 Å². The van der Waals surface area contributed by atoms with Crippen LogP contribution in [0.4, 0.5) is 0 Å². The number of benzene rings is 3. The fourth-order valence-electron chi connectivity index (χ4n) is 2.70. The molecule has 7 nitrogen and oxygen atoms in total. The molecule has 1 amide bonds. The number of aryl methyl sites for hydroxylation is 1. The van der Waals surface area contributed by atoms with E-state index in [1.807, 2.05) is 19.1 Å². The van der Waals surface area contributed by atoms with Crippen molar-refractivity contribution in [3.05, 3.63) is 87.9 Å². The van der Waals surface area contributed by atoms with Gasteiger partial charge in [-0.05, 0) is 61.0 Å². The zero-order valence-electron chi connectivity index (χ0n) is 17.5. The summed E-state index contributed by atoms with van der Waals surface area (Å²) in [5, 5.41) is 3.94. The number of rotatable bonds is 8. The van der Waals surface area contributed by atoms with Crippen LogP contribution >= 0.6 is 15.9 Å². The van der Waals surface area contributed by atoms with Gasteiger partial charge in [0.1, 0.15) is 17.2 Å². The minimum Gasteiger partial charge on any atom is -0.497 e. The molecule has 0 aliphatic heterocycles. The molecule has 0 saturated heterocycles. The SMILES string of the molecule is COc1ccc(OCC(=O)N/N=C\c2cc(Br)ccc2OC(=O)c2ccccc2C)cc1. The number of carbonyl (C=O) groups is 2. The van der Waals surface area contributed by atoms with Crippen LogP contribution in [0.2, 0.25) is 0 Å². The minimum atomic E-state index is -0.475. The molecule has 0 heterocycles. The molecule has 0 unspecified atom stereocenters. The summed E-state index contributed by atoms with van der Waals surface area (Å²) in [6.45, 7) is 1.63. The molecule has 0 radical (unpaired) electrons. The fourth-order valence-corrected chi connectivity index (χ4v) is 3.08. The van der Waals surface area contributed by atoms with Crippen LogP contribution in [0.3, 0.4) is 0 Å². The van der Waals surface area contributed by atoms with E-state index in [1.165, 1.54) is 6.21 Å². The molecule has 3 rings (SSSR count). The number of esters is 1. The lowest BCUT2D eigenvalue weighted by Gasteiger charge is -2.09. The third kappa shape index (κ3) is 6.42. The Balaban J connectivity index is 1.61. The monoisotopic (exact) mass is 496 g/mol. The number of hydrogen-bond donors (Lipinski definition) is 1. The van der Waals surface area contributed by atoms with Gasteiger partial charge in [-0.2, -0.15) is 5.10 Å². The van der Waals surface area contributed by atoms with Crippen LogP contribution in [0, 0.1) is 6.92 Å². The Bertz CT molecular complexity index is 1130. The molecular formula is C24H21BrN2O5. The maximum atomic E-state index is 12.5. The number of hydrogen-bond acceptors (Lipinski definition) is 6. The van der Waals surface area contributed by atoms with Crippen molar-refractivity contribution in [2.45, 2.75) is 6.92 Å². The summed E-state index contributed by atoms with van der Waals surface area (Å²) < 4.78 is 16.8. The van der Waals surface area contributed by atoms with Gasteiger partial charge in [-0.15, -0.1) is 0 Å². The molecule has 32 heavy (non-hydrogen) atoms. The van der Waals surface area contributed by atoms with Crippen molar-refractivity contribution in [2.75, 3.05) is 13.7 Å². The number of halogens is 1. The summed E-state index contributed by atoms with van der Waals surface area (Å²) in [6, 6.07) is 19.2. The van der Waals surface area contributed by atoms with Gasteiger partial charge < -0.3 is 14.2 Å². The second kappa shape index (κ2) is 11.1. The van der Waals surface area contributed by atoms with Crippen molar-refractivity contribution in [1.29, 1.82) is 0 Å². The smallest absolute Gasteiger partial charge is 0.343 e. The Morgan fingerprint density at radius 3 is 2.47 bits per heavy atom. The predicted molar refractivity (Wildman–Crippen MR) is 125 cm³/mol. The predicted octanol–water partition coefficient (Wildman–Crippen LogP) is 4.51. The molecule has 3 aromatic rings. The summed E-state index contributed by atoms with van der Waals surface area (Å²) in [4.78, 5) is 24.6. The van der Waals surface area contributed by atoms with Crippen molar-refractivity contribution >= 4 is 34.0 Å². The number of methoxy groups -OCH3 is 1. The van der Waals surface area contributed by atoms with Crippen molar-refractivity contribution in [3.63, 3.8) is 0 Å². The molecular weight excluding hydrogens is 476 g/mol. The van der Waals surface area contributed by atoms with Gasteiger partial charge in [-0.1, -0.05) is 34.1 Å². The van der Waals surface area contributed by atoms with Crippen LogP contribution in [-0.2, 0) is 4.79 Å². The van der Waals surface area contributed by atoms with Crippen LogP contribution in [0.25, 0.3) is 0 Å². The van der Waals surface area contributed by atoms with E-state index in [0.29, 0.717) is 28.4 Å². The van der Waals surface area contributed by atoms with E-state index < -0.39 is 11.9 Å². The summed E-state index contributed by atoms with van der Waals surface area (Å²) in [5.41, 5.74) is 4.19. The third-order valence-electron chi connectivity index (χ3n) is 4.36. The summed E-state index contributed by atoms with van der Waals surface area (Å²) in [5.74, 6) is 0.623. The van der Waals surface area contributed by atoms with Crippen LogP contribution in [0.5, 0.6) is 17.2 Å². The van der Waals surface area contributed by atoms with Crippen molar-refractivity contribution < 1.29 is 23.8 Å². The third-order valence-corrected chi connectivity index (χ3v) is 4.85. The second-order valence-electron chi connectivity index (χ2n) is 6.64. The van der Waals surface area contributed by atoms with Crippen LogP contribution < -0.4 is 19.6 Å². The molecule has 3 aromatic carbocycles. The standard InChI is InChI=1S/C24H21BrN2O5/c1-16-5-3-4-6-21(16)24(29)32-22-12-7-18(25)13-17(22)14-26-27-23(28)15-31-20-10-8-19(30-2)9-11-20/h3-14H,15H2,1-2H3,(H,27,28)/b26-14-. The first-order valence-electron chi connectivity index (χ1n) is 9.62. The van der Waals surface area contributed by atoms with Gasteiger partial charge in [0.05, 0.1) is 18.9 Å². The highest BCUT2D eigenvalue weighted by Crippen LogP contribution is 2.23. The molecule has 0 fully saturated rings. The highest BCUT2D eigenvalue weighted by molar-refractivity contribution is 9.10. The Morgan fingerprint density at radius 2 is 1.75 bits per heavy atom. The summed E-state index contributed by atoms with van der Waals surface area (Å²) >= 11 is 3.38. The molecule has 0 atom stereocenters. The van der Waals surface area contributed by atoms with Gasteiger partial charge >= 0.3 is 5.97 Å². The molecule has 0 aliphatic rings. The first kappa shape index (κ1) is 23.0. The van der Waals surface area contributed by atoms with Gasteiger partial charge in [0.25, 0.3) is 5.91 Å².